The Morgan fingerprint density at radius 1 is 0.556 bits per heavy atom. The summed E-state index contributed by atoms with van der Waals surface area (Å²) in [5, 5.41) is 43.4. The molecule has 0 aromatic heterocycles. The van der Waals surface area contributed by atoms with Crippen LogP contribution in [0.5, 0.6) is 0 Å². The molecule has 0 aromatic rings. The summed E-state index contributed by atoms with van der Waals surface area (Å²) in [6.07, 6.45) is 38.4. The number of rotatable bonds is 32. The molecule has 0 fully saturated rings. The van der Waals surface area contributed by atoms with Crippen LogP contribution in [-0.2, 0) is 4.79 Å². The standard InChI is InChI=1S/C39H71NO5/c1-3-5-7-9-11-13-15-17-18-19-21-23-25-27-29-31-33-37(43)39(45)40-35(34-41)38(44)36(42)32-30-28-26-24-22-20-16-14-12-10-8-6-4-2/h11,13-14,16-18,24,26,35-38,41-44H,3-10,12,15,19-23,25,27-34H2,1-2H3,(H,40,45)/b13-11-,16-14+,18-17-,26-24+. The number of unbranched alkanes of at least 4 members (excludes halogenated alkanes) is 15. The van der Waals surface area contributed by atoms with Crippen LogP contribution in [-0.4, -0.2) is 57.3 Å². The van der Waals surface area contributed by atoms with Gasteiger partial charge in [0.2, 0.25) is 5.91 Å². The predicted octanol–water partition coefficient (Wildman–Crippen LogP) is 8.78. The molecule has 6 nitrogen and oxygen atoms in total. The van der Waals surface area contributed by atoms with Gasteiger partial charge in [-0.15, -0.1) is 0 Å². The Hall–Kier alpha value is -1.73. The van der Waals surface area contributed by atoms with Gasteiger partial charge < -0.3 is 25.7 Å². The lowest BCUT2D eigenvalue weighted by Crippen LogP contribution is -2.53. The van der Waals surface area contributed by atoms with Gasteiger partial charge in [0.25, 0.3) is 0 Å². The SMILES string of the molecule is CCCCC/C=C\C/C=C\CCCCCCCCC(O)C(=O)NC(CO)C(O)C(O)CCC/C=C/CC/C=C/CCCCCC. The lowest BCUT2D eigenvalue weighted by Gasteiger charge is -2.27. The zero-order valence-electron chi connectivity index (χ0n) is 29.1. The summed E-state index contributed by atoms with van der Waals surface area (Å²) in [5.74, 6) is -0.610. The maximum Gasteiger partial charge on any atom is 0.249 e. The van der Waals surface area contributed by atoms with Gasteiger partial charge in [-0.2, -0.15) is 0 Å². The summed E-state index contributed by atoms with van der Waals surface area (Å²) in [7, 11) is 0. The molecule has 4 unspecified atom stereocenters. The minimum absolute atomic E-state index is 0.346. The van der Waals surface area contributed by atoms with Crippen molar-refractivity contribution in [3.8, 4) is 0 Å². The number of allylic oxidation sites excluding steroid dienone is 8. The first-order chi connectivity index (χ1) is 22.0. The van der Waals surface area contributed by atoms with E-state index in [-0.39, 0.29) is 0 Å². The third-order valence-electron chi connectivity index (χ3n) is 8.24. The van der Waals surface area contributed by atoms with Crippen LogP contribution in [0.15, 0.2) is 48.6 Å². The molecular formula is C39H71NO5. The smallest absolute Gasteiger partial charge is 0.249 e. The lowest BCUT2D eigenvalue weighted by atomic mass is 10.00. The van der Waals surface area contributed by atoms with E-state index in [4.69, 9.17) is 0 Å². The Labute approximate surface area is 277 Å². The van der Waals surface area contributed by atoms with E-state index in [1.54, 1.807) is 0 Å². The molecule has 0 aliphatic rings. The molecule has 4 atom stereocenters. The van der Waals surface area contributed by atoms with Crippen molar-refractivity contribution in [1.82, 2.24) is 5.32 Å². The average Bonchev–Trinajstić information content (AvgIpc) is 3.04. The highest BCUT2D eigenvalue weighted by atomic mass is 16.3. The fraction of sp³-hybridized carbons (Fsp3) is 0.769. The van der Waals surface area contributed by atoms with Gasteiger partial charge >= 0.3 is 0 Å². The minimum atomic E-state index is -1.29. The van der Waals surface area contributed by atoms with Crippen molar-refractivity contribution in [3.63, 3.8) is 0 Å². The molecule has 1 amide bonds. The average molecular weight is 634 g/mol. The van der Waals surface area contributed by atoms with Crippen LogP contribution in [0.1, 0.15) is 162 Å². The molecule has 0 saturated heterocycles. The molecule has 6 heteroatoms. The van der Waals surface area contributed by atoms with Crippen molar-refractivity contribution in [2.24, 2.45) is 0 Å². The fourth-order valence-corrected chi connectivity index (χ4v) is 5.21. The molecule has 0 bridgehead atoms. The van der Waals surface area contributed by atoms with Crippen LogP contribution in [0.2, 0.25) is 0 Å². The van der Waals surface area contributed by atoms with Gasteiger partial charge in [-0.1, -0.05) is 127 Å². The van der Waals surface area contributed by atoms with Crippen molar-refractivity contribution in [2.75, 3.05) is 6.61 Å². The van der Waals surface area contributed by atoms with Crippen LogP contribution < -0.4 is 5.32 Å². The Balaban J connectivity index is 3.92. The molecule has 0 saturated carbocycles. The van der Waals surface area contributed by atoms with Crippen molar-refractivity contribution in [1.29, 1.82) is 0 Å². The van der Waals surface area contributed by atoms with Gasteiger partial charge in [-0.05, 0) is 83.5 Å². The van der Waals surface area contributed by atoms with Gasteiger partial charge in [0.15, 0.2) is 0 Å². The second kappa shape index (κ2) is 33.6. The van der Waals surface area contributed by atoms with E-state index in [9.17, 15) is 25.2 Å². The second-order valence-corrected chi connectivity index (χ2v) is 12.5. The van der Waals surface area contributed by atoms with E-state index in [0.29, 0.717) is 19.3 Å². The molecule has 0 aromatic carbocycles. The topological polar surface area (TPSA) is 110 Å². The Kier molecular flexibility index (Phi) is 32.3. The first-order valence-corrected chi connectivity index (χ1v) is 18.5. The molecule has 5 N–H and O–H groups in total. The predicted molar refractivity (Wildman–Crippen MR) is 191 cm³/mol. The number of carbonyl (C=O) groups excluding carboxylic acids is 1. The Bertz CT molecular complexity index is 763. The normalized spacial score (nSPS) is 15.1. The van der Waals surface area contributed by atoms with E-state index in [0.717, 1.165) is 64.2 Å². The molecule has 262 valence electrons. The van der Waals surface area contributed by atoms with Crippen LogP contribution in [0.25, 0.3) is 0 Å². The van der Waals surface area contributed by atoms with E-state index in [1.165, 1.54) is 64.2 Å². The zero-order valence-corrected chi connectivity index (χ0v) is 29.1. The van der Waals surface area contributed by atoms with Gasteiger partial charge in [0.1, 0.15) is 12.2 Å². The third kappa shape index (κ3) is 28.2. The van der Waals surface area contributed by atoms with Crippen molar-refractivity contribution in [3.05, 3.63) is 48.6 Å². The molecule has 45 heavy (non-hydrogen) atoms. The number of nitrogens with one attached hydrogen (secondary N) is 1. The number of amides is 1. The van der Waals surface area contributed by atoms with Crippen molar-refractivity contribution >= 4 is 5.91 Å². The highest BCUT2D eigenvalue weighted by molar-refractivity contribution is 5.80. The number of aliphatic hydroxyl groups is 4. The summed E-state index contributed by atoms with van der Waals surface area (Å²) in [6.45, 7) is 3.95. The highest BCUT2D eigenvalue weighted by Gasteiger charge is 2.28. The summed E-state index contributed by atoms with van der Waals surface area (Å²) < 4.78 is 0. The highest BCUT2D eigenvalue weighted by Crippen LogP contribution is 2.13. The Morgan fingerprint density at radius 3 is 1.58 bits per heavy atom. The number of hydrogen-bond donors (Lipinski definition) is 5. The van der Waals surface area contributed by atoms with E-state index < -0.39 is 36.9 Å². The van der Waals surface area contributed by atoms with Gasteiger partial charge in [0.05, 0.1) is 18.8 Å². The first-order valence-electron chi connectivity index (χ1n) is 18.5. The fourth-order valence-electron chi connectivity index (χ4n) is 5.21. The first kappa shape index (κ1) is 43.3. The molecule has 0 heterocycles. The number of hydrogen-bond acceptors (Lipinski definition) is 5. The monoisotopic (exact) mass is 634 g/mol. The summed E-state index contributed by atoms with van der Waals surface area (Å²) in [4.78, 5) is 12.4. The van der Waals surface area contributed by atoms with Gasteiger partial charge in [-0.3, -0.25) is 4.79 Å². The van der Waals surface area contributed by atoms with Crippen LogP contribution in [0.4, 0.5) is 0 Å². The quantitative estimate of drug-likeness (QED) is 0.0376. The maximum atomic E-state index is 12.4. The molecule has 0 radical (unpaired) electrons. The largest absolute Gasteiger partial charge is 0.394 e. The van der Waals surface area contributed by atoms with E-state index in [1.807, 2.05) is 0 Å². The van der Waals surface area contributed by atoms with Crippen molar-refractivity contribution < 1.29 is 25.2 Å². The van der Waals surface area contributed by atoms with E-state index in [2.05, 4.69) is 67.8 Å². The zero-order chi connectivity index (χ0) is 33.2. The van der Waals surface area contributed by atoms with E-state index >= 15 is 0 Å². The number of aliphatic hydroxyl groups excluding tert-OH is 4. The molecule has 0 rings (SSSR count). The minimum Gasteiger partial charge on any atom is -0.394 e. The Morgan fingerprint density at radius 2 is 1.00 bits per heavy atom. The third-order valence-corrected chi connectivity index (χ3v) is 8.24. The molecular weight excluding hydrogens is 562 g/mol. The number of carbonyl (C=O) groups is 1. The molecule has 0 aliphatic carbocycles. The van der Waals surface area contributed by atoms with Crippen LogP contribution >= 0.6 is 0 Å². The van der Waals surface area contributed by atoms with Crippen LogP contribution in [0.3, 0.4) is 0 Å². The van der Waals surface area contributed by atoms with Gasteiger partial charge in [0, 0.05) is 0 Å². The lowest BCUT2D eigenvalue weighted by molar-refractivity contribution is -0.132. The molecule has 0 spiro atoms. The van der Waals surface area contributed by atoms with Gasteiger partial charge in [-0.25, -0.2) is 0 Å². The summed E-state index contributed by atoms with van der Waals surface area (Å²) in [5.41, 5.74) is 0. The summed E-state index contributed by atoms with van der Waals surface area (Å²) in [6, 6.07) is -1.01. The maximum absolute atomic E-state index is 12.4. The summed E-state index contributed by atoms with van der Waals surface area (Å²) >= 11 is 0. The second-order valence-electron chi connectivity index (χ2n) is 12.5. The van der Waals surface area contributed by atoms with Crippen LogP contribution in [0, 0.1) is 0 Å². The molecule has 0 aliphatic heterocycles. The van der Waals surface area contributed by atoms with Crippen molar-refractivity contribution in [2.45, 2.75) is 186 Å².